The molecule has 0 atom stereocenters. The van der Waals surface area contributed by atoms with Crippen LogP contribution in [0.15, 0.2) is 0 Å². The first kappa shape index (κ1) is 15.5. The first-order valence-corrected chi connectivity index (χ1v) is 7.93. The Bertz CT molecular complexity index is 434. The summed E-state index contributed by atoms with van der Waals surface area (Å²) in [7, 11) is 0. The van der Waals surface area contributed by atoms with Gasteiger partial charge in [-0.05, 0) is 73.3 Å². The monoisotopic (exact) mass is 572 g/mol. The van der Waals surface area contributed by atoms with Crippen molar-refractivity contribution in [2.24, 2.45) is 0 Å². The number of halogens is 3. The van der Waals surface area contributed by atoms with Crippen LogP contribution in [0.5, 0.6) is 0 Å². The third-order valence-electron chi connectivity index (χ3n) is 2.13. The van der Waals surface area contributed by atoms with Gasteiger partial charge in [0.25, 0.3) is 0 Å². The number of hydrogen-bond donors (Lipinski definition) is 2. The lowest BCUT2D eigenvalue weighted by atomic mass is 10.1. The predicted octanol–water partition coefficient (Wildman–Crippen LogP) is 2.77. The van der Waals surface area contributed by atoms with Crippen molar-refractivity contribution >= 4 is 85.1 Å². The van der Waals surface area contributed by atoms with Crippen LogP contribution in [0.25, 0.3) is 0 Å². The van der Waals surface area contributed by atoms with E-state index in [9.17, 15) is 4.79 Å². The highest BCUT2D eigenvalue weighted by atomic mass is 127. The fourth-order valence-electron chi connectivity index (χ4n) is 1.28. The lowest BCUT2D eigenvalue weighted by molar-refractivity contribution is -0.140. The van der Waals surface area contributed by atoms with E-state index in [2.05, 4.69) is 67.8 Å². The summed E-state index contributed by atoms with van der Waals surface area (Å²) in [5.41, 5.74) is 14.4. The van der Waals surface area contributed by atoms with Crippen LogP contribution in [0.4, 0.5) is 11.4 Å². The van der Waals surface area contributed by atoms with Crippen LogP contribution in [0.3, 0.4) is 0 Å². The van der Waals surface area contributed by atoms with Gasteiger partial charge in [-0.1, -0.05) is 0 Å². The molecule has 0 unspecified atom stereocenters. The van der Waals surface area contributed by atoms with Crippen LogP contribution in [-0.4, -0.2) is 12.6 Å². The number of anilines is 2. The lowest BCUT2D eigenvalue weighted by Gasteiger charge is -2.14. The smallest absolute Gasteiger partial charge is 0.302 e. The predicted molar refractivity (Wildman–Crippen MR) is 93.8 cm³/mol. The fourth-order valence-corrected chi connectivity index (χ4v) is 4.98. The Morgan fingerprint density at radius 2 is 1.59 bits per heavy atom. The van der Waals surface area contributed by atoms with Crippen molar-refractivity contribution in [3.8, 4) is 0 Å². The van der Waals surface area contributed by atoms with Crippen LogP contribution in [0, 0.1) is 10.7 Å². The van der Waals surface area contributed by atoms with E-state index in [1.54, 1.807) is 0 Å². The topological polar surface area (TPSA) is 78.3 Å². The summed E-state index contributed by atoms with van der Waals surface area (Å²) in [5, 5.41) is 0. The number of hydrogen-bond acceptors (Lipinski definition) is 4. The average molecular weight is 572 g/mol. The quantitative estimate of drug-likeness (QED) is 0.332. The van der Waals surface area contributed by atoms with Crippen molar-refractivity contribution < 1.29 is 9.53 Å². The van der Waals surface area contributed by atoms with E-state index in [0.717, 1.165) is 16.3 Å². The maximum absolute atomic E-state index is 10.7. The number of ether oxygens (including phenoxy) is 1. The Morgan fingerprint density at radius 1 is 1.12 bits per heavy atom. The van der Waals surface area contributed by atoms with Crippen molar-refractivity contribution in [3.63, 3.8) is 0 Å². The Hall–Kier alpha value is 0.480. The van der Waals surface area contributed by atoms with Crippen molar-refractivity contribution in [2.75, 3.05) is 18.1 Å². The molecule has 4 N–H and O–H groups in total. The minimum Gasteiger partial charge on any atom is -0.466 e. The van der Waals surface area contributed by atoms with Crippen molar-refractivity contribution in [3.05, 3.63) is 16.3 Å². The molecular weight excluding hydrogens is 561 g/mol. The van der Waals surface area contributed by atoms with Gasteiger partial charge in [-0.3, -0.25) is 4.79 Å². The van der Waals surface area contributed by atoms with E-state index < -0.39 is 0 Å². The molecule has 0 aliphatic carbocycles. The summed E-state index contributed by atoms with van der Waals surface area (Å²) < 4.78 is 7.79. The number of carbonyl (C=O) groups is 1. The largest absolute Gasteiger partial charge is 0.466 e. The third-order valence-corrected chi connectivity index (χ3v) is 5.76. The minimum absolute atomic E-state index is 0.276. The summed E-state index contributed by atoms with van der Waals surface area (Å²) in [6.45, 7) is 1.74. The molecule has 0 aliphatic heterocycles. The van der Waals surface area contributed by atoms with Gasteiger partial charge in [-0.15, -0.1) is 0 Å². The molecule has 0 heterocycles. The summed E-state index contributed by atoms with van der Waals surface area (Å²) in [6, 6.07) is 0. The van der Waals surface area contributed by atoms with Gasteiger partial charge in [0, 0.05) is 20.5 Å². The average Bonchev–Trinajstić information content (AvgIpc) is 2.28. The fraction of sp³-hybridized carbons (Fsp3) is 0.300. The number of rotatable bonds is 3. The molecule has 1 aromatic carbocycles. The Morgan fingerprint density at radius 3 is 2.00 bits per heavy atom. The lowest BCUT2D eigenvalue weighted by Crippen LogP contribution is -2.10. The van der Waals surface area contributed by atoms with Crippen LogP contribution in [0.1, 0.15) is 12.5 Å². The zero-order valence-electron chi connectivity index (χ0n) is 9.02. The van der Waals surface area contributed by atoms with Crippen molar-refractivity contribution in [2.45, 2.75) is 13.3 Å². The molecule has 0 bridgehead atoms. The molecule has 0 fully saturated rings. The molecule has 17 heavy (non-hydrogen) atoms. The summed E-state index contributed by atoms with van der Waals surface area (Å²) >= 11 is 6.54. The van der Waals surface area contributed by atoms with E-state index >= 15 is 0 Å². The number of nitrogens with two attached hydrogens (primary N) is 2. The standard InChI is InChI=1S/C10H11I3N2O2/c1-4(16)17-3-2-5-6(11)9(14)8(13)10(15)7(5)12/h2-3,14-15H2,1H3. The molecule has 0 amide bonds. The van der Waals surface area contributed by atoms with E-state index in [1.807, 2.05) is 0 Å². The van der Waals surface area contributed by atoms with Gasteiger partial charge in [0.05, 0.1) is 21.6 Å². The van der Waals surface area contributed by atoms with Crippen molar-refractivity contribution in [1.29, 1.82) is 0 Å². The minimum atomic E-state index is -0.276. The molecule has 0 spiro atoms. The van der Waals surface area contributed by atoms with Crippen LogP contribution in [0.2, 0.25) is 0 Å². The van der Waals surface area contributed by atoms with Gasteiger partial charge >= 0.3 is 5.97 Å². The molecule has 0 saturated heterocycles. The Kier molecular flexibility index (Phi) is 6.02. The normalized spacial score (nSPS) is 10.4. The van der Waals surface area contributed by atoms with Crippen molar-refractivity contribution in [1.82, 2.24) is 0 Å². The van der Waals surface area contributed by atoms with Gasteiger partial charge in [-0.2, -0.15) is 0 Å². The maximum Gasteiger partial charge on any atom is 0.302 e. The van der Waals surface area contributed by atoms with Crippen LogP contribution < -0.4 is 11.5 Å². The molecule has 7 heteroatoms. The van der Waals surface area contributed by atoms with Crippen LogP contribution in [-0.2, 0) is 16.0 Å². The SMILES string of the molecule is CC(=O)OCCc1c(I)c(N)c(I)c(N)c1I. The maximum atomic E-state index is 10.7. The van der Waals surface area contributed by atoms with Gasteiger partial charge in [0.1, 0.15) is 0 Å². The van der Waals surface area contributed by atoms with E-state index in [1.165, 1.54) is 6.92 Å². The molecule has 94 valence electrons. The van der Waals surface area contributed by atoms with Gasteiger partial charge in [0.15, 0.2) is 0 Å². The summed E-state index contributed by atoms with van der Waals surface area (Å²) in [6.07, 6.45) is 0.626. The third kappa shape index (κ3) is 3.72. The highest BCUT2D eigenvalue weighted by molar-refractivity contribution is 14.1. The highest BCUT2D eigenvalue weighted by Gasteiger charge is 2.16. The summed E-state index contributed by atoms with van der Waals surface area (Å²) in [4.78, 5) is 10.7. The number of esters is 1. The molecule has 0 aliphatic rings. The van der Waals surface area contributed by atoms with Gasteiger partial charge in [0.2, 0.25) is 0 Å². The van der Waals surface area contributed by atoms with Gasteiger partial charge < -0.3 is 16.2 Å². The van der Waals surface area contributed by atoms with E-state index in [4.69, 9.17) is 16.2 Å². The molecule has 1 rings (SSSR count). The number of benzene rings is 1. The van der Waals surface area contributed by atoms with Gasteiger partial charge in [-0.25, -0.2) is 0 Å². The van der Waals surface area contributed by atoms with E-state index in [0.29, 0.717) is 24.4 Å². The molecular formula is C10H11I3N2O2. The molecule has 4 nitrogen and oxygen atoms in total. The molecule has 1 aromatic rings. The second-order valence-electron chi connectivity index (χ2n) is 3.34. The van der Waals surface area contributed by atoms with E-state index in [-0.39, 0.29) is 5.97 Å². The summed E-state index contributed by atoms with van der Waals surface area (Å²) in [5.74, 6) is -0.276. The Balaban J connectivity index is 3.03. The number of carbonyl (C=O) groups excluding carboxylic acids is 1. The molecule has 0 saturated carbocycles. The first-order valence-electron chi connectivity index (χ1n) is 4.69. The second kappa shape index (κ2) is 6.59. The second-order valence-corrected chi connectivity index (χ2v) is 6.57. The highest BCUT2D eigenvalue weighted by Crippen LogP contribution is 2.35. The molecule has 0 aromatic heterocycles. The first-order chi connectivity index (χ1) is 7.86. The van der Waals surface area contributed by atoms with Crippen LogP contribution >= 0.6 is 67.8 Å². The zero-order chi connectivity index (χ0) is 13.2. The zero-order valence-corrected chi connectivity index (χ0v) is 15.5. The Labute approximate surface area is 141 Å². The number of nitrogen functional groups attached to an aromatic ring is 2. The molecule has 0 radical (unpaired) electrons.